The molecule has 2 heterocycles. The van der Waals surface area contributed by atoms with E-state index >= 15 is 0 Å². The molecule has 0 aliphatic rings. The van der Waals surface area contributed by atoms with Gasteiger partial charge in [-0.05, 0) is 32.1 Å². The number of hydrogen-bond donors (Lipinski definition) is 1. The Kier molecular flexibility index (Phi) is 3.76. The van der Waals surface area contributed by atoms with Crippen LogP contribution in [0.15, 0.2) is 18.5 Å². The lowest BCUT2D eigenvalue weighted by atomic mass is 10.4. The summed E-state index contributed by atoms with van der Waals surface area (Å²) in [4.78, 5) is 21.0. The first-order valence-corrected chi connectivity index (χ1v) is 6.38. The molecule has 6 heteroatoms. The van der Waals surface area contributed by atoms with Gasteiger partial charge in [0.25, 0.3) is 0 Å². The van der Waals surface area contributed by atoms with Crippen LogP contribution in [0, 0.1) is 4.77 Å². The Balaban J connectivity index is 2.34. The molecule has 0 spiro atoms. The van der Waals surface area contributed by atoms with Gasteiger partial charge in [-0.1, -0.05) is 0 Å². The summed E-state index contributed by atoms with van der Waals surface area (Å²) in [7, 11) is 0. The Labute approximate surface area is 110 Å². The van der Waals surface area contributed by atoms with Gasteiger partial charge in [0, 0.05) is 19.3 Å². The van der Waals surface area contributed by atoms with Crippen molar-refractivity contribution in [3.63, 3.8) is 0 Å². The van der Waals surface area contributed by atoms with Gasteiger partial charge in [-0.15, -0.1) is 0 Å². The van der Waals surface area contributed by atoms with E-state index in [0.717, 1.165) is 11.0 Å². The van der Waals surface area contributed by atoms with Crippen molar-refractivity contribution in [2.45, 2.75) is 20.4 Å². The second kappa shape index (κ2) is 5.30. The molecule has 96 valence electrons. The van der Waals surface area contributed by atoms with Crippen molar-refractivity contribution in [1.29, 1.82) is 0 Å². The number of H-pyrrole nitrogens is 1. The van der Waals surface area contributed by atoms with Crippen LogP contribution < -0.4 is 0 Å². The average molecular weight is 264 g/mol. The van der Waals surface area contributed by atoms with Crippen LogP contribution in [-0.2, 0) is 11.3 Å². The van der Waals surface area contributed by atoms with Gasteiger partial charge < -0.3 is 14.5 Å². The number of amides is 1. The van der Waals surface area contributed by atoms with E-state index in [2.05, 4.69) is 9.97 Å². The average Bonchev–Trinajstić information content (AvgIpc) is 2.68. The van der Waals surface area contributed by atoms with Crippen LogP contribution in [0.4, 0.5) is 0 Å². The second-order valence-corrected chi connectivity index (χ2v) is 4.36. The maximum Gasteiger partial charge on any atom is 0.242 e. The van der Waals surface area contributed by atoms with Crippen LogP contribution in [0.2, 0.25) is 0 Å². The Morgan fingerprint density at radius 1 is 1.50 bits per heavy atom. The lowest BCUT2D eigenvalue weighted by Gasteiger charge is -2.18. The van der Waals surface area contributed by atoms with E-state index in [9.17, 15) is 4.79 Å². The summed E-state index contributed by atoms with van der Waals surface area (Å²) >= 11 is 5.24. The molecule has 0 aliphatic carbocycles. The minimum Gasteiger partial charge on any atom is -0.342 e. The van der Waals surface area contributed by atoms with Crippen molar-refractivity contribution in [1.82, 2.24) is 19.4 Å². The molecule has 0 radical (unpaired) electrons. The first-order valence-electron chi connectivity index (χ1n) is 5.97. The maximum absolute atomic E-state index is 12.1. The SMILES string of the molecule is CCN(CC)C(=O)Cn1c(=S)[nH]c2cnccc21. The number of aromatic amines is 1. The van der Waals surface area contributed by atoms with Crippen molar-refractivity contribution in [2.24, 2.45) is 0 Å². The van der Waals surface area contributed by atoms with Crippen LogP contribution in [0.3, 0.4) is 0 Å². The zero-order valence-corrected chi connectivity index (χ0v) is 11.3. The highest BCUT2D eigenvalue weighted by molar-refractivity contribution is 7.71. The van der Waals surface area contributed by atoms with E-state index < -0.39 is 0 Å². The van der Waals surface area contributed by atoms with Crippen molar-refractivity contribution >= 4 is 29.2 Å². The highest BCUT2D eigenvalue weighted by atomic mass is 32.1. The van der Waals surface area contributed by atoms with E-state index in [-0.39, 0.29) is 12.5 Å². The summed E-state index contributed by atoms with van der Waals surface area (Å²) in [6.07, 6.45) is 3.41. The molecule has 0 fully saturated rings. The number of carbonyl (C=O) groups excluding carboxylic acids is 1. The molecule has 0 aliphatic heterocycles. The molecule has 0 saturated heterocycles. The normalized spacial score (nSPS) is 10.8. The van der Waals surface area contributed by atoms with Gasteiger partial charge in [0.05, 0.1) is 17.2 Å². The zero-order valence-electron chi connectivity index (χ0n) is 10.5. The molecule has 0 unspecified atom stereocenters. The Bertz CT molecular complexity index is 612. The Morgan fingerprint density at radius 2 is 2.22 bits per heavy atom. The van der Waals surface area contributed by atoms with Crippen molar-refractivity contribution in [3.8, 4) is 0 Å². The maximum atomic E-state index is 12.1. The lowest BCUT2D eigenvalue weighted by molar-refractivity contribution is -0.131. The van der Waals surface area contributed by atoms with Crippen LogP contribution in [0.5, 0.6) is 0 Å². The highest BCUT2D eigenvalue weighted by Gasteiger charge is 2.13. The zero-order chi connectivity index (χ0) is 13.1. The topological polar surface area (TPSA) is 53.9 Å². The summed E-state index contributed by atoms with van der Waals surface area (Å²) in [5.74, 6) is 0.0776. The van der Waals surface area contributed by atoms with Gasteiger partial charge >= 0.3 is 0 Å². The third-order valence-electron chi connectivity index (χ3n) is 2.99. The van der Waals surface area contributed by atoms with E-state index in [1.165, 1.54) is 0 Å². The van der Waals surface area contributed by atoms with Crippen molar-refractivity contribution in [2.75, 3.05) is 13.1 Å². The Morgan fingerprint density at radius 3 is 2.89 bits per heavy atom. The van der Waals surface area contributed by atoms with Gasteiger partial charge in [0.15, 0.2) is 4.77 Å². The minimum absolute atomic E-state index is 0.0776. The number of nitrogens with one attached hydrogen (secondary N) is 1. The standard InChI is InChI=1S/C12H16N4OS/c1-3-15(4-2)11(17)8-16-10-5-6-13-7-9(10)14-12(16)18/h5-7H,3-4,8H2,1-2H3,(H,14,18). The molecular formula is C12H16N4OS. The van der Waals surface area contributed by atoms with Crippen molar-refractivity contribution < 1.29 is 4.79 Å². The first-order chi connectivity index (χ1) is 8.67. The summed E-state index contributed by atoms with van der Waals surface area (Å²) in [5, 5.41) is 0. The minimum atomic E-state index is 0.0776. The number of rotatable bonds is 4. The quantitative estimate of drug-likeness (QED) is 0.859. The van der Waals surface area contributed by atoms with Gasteiger partial charge in [-0.2, -0.15) is 0 Å². The van der Waals surface area contributed by atoms with E-state index in [0.29, 0.717) is 17.9 Å². The molecule has 1 N–H and O–H groups in total. The lowest BCUT2D eigenvalue weighted by Crippen LogP contribution is -2.33. The number of likely N-dealkylation sites (N-methyl/N-ethyl adjacent to an activating group) is 1. The van der Waals surface area contributed by atoms with E-state index in [1.54, 1.807) is 17.3 Å². The smallest absolute Gasteiger partial charge is 0.242 e. The van der Waals surface area contributed by atoms with Crippen LogP contribution in [0.25, 0.3) is 11.0 Å². The number of hydrogen-bond acceptors (Lipinski definition) is 3. The second-order valence-electron chi connectivity index (χ2n) is 3.98. The van der Waals surface area contributed by atoms with Crippen LogP contribution in [0.1, 0.15) is 13.8 Å². The molecular weight excluding hydrogens is 248 g/mol. The fraction of sp³-hybridized carbons (Fsp3) is 0.417. The molecule has 0 saturated carbocycles. The third-order valence-corrected chi connectivity index (χ3v) is 3.31. The van der Waals surface area contributed by atoms with Gasteiger partial charge in [-0.3, -0.25) is 9.78 Å². The molecule has 2 aromatic rings. The number of aromatic nitrogens is 3. The number of imidazole rings is 1. The van der Waals surface area contributed by atoms with Crippen LogP contribution in [-0.4, -0.2) is 38.4 Å². The fourth-order valence-electron chi connectivity index (χ4n) is 1.98. The molecule has 0 atom stereocenters. The first kappa shape index (κ1) is 12.8. The third kappa shape index (κ3) is 2.28. The number of fused-ring (bicyclic) bond motifs is 1. The summed E-state index contributed by atoms with van der Waals surface area (Å²) in [5.41, 5.74) is 1.77. The largest absolute Gasteiger partial charge is 0.342 e. The number of pyridine rings is 1. The van der Waals surface area contributed by atoms with Crippen LogP contribution >= 0.6 is 12.2 Å². The molecule has 5 nitrogen and oxygen atoms in total. The van der Waals surface area contributed by atoms with Gasteiger partial charge in [-0.25, -0.2) is 0 Å². The fourth-order valence-corrected chi connectivity index (χ4v) is 2.25. The molecule has 0 bridgehead atoms. The predicted octanol–water partition coefficient (Wildman–Crippen LogP) is 1.96. The summed E-state index contributed by atoms with van der Waals surface area (Å²) in [6.45, 7) is 5.64. The number of carbonyl (C=O) groups is 1. The predicted molar refractivity (Wildman–Crippen MR) is 72.8 cm³/mol. The molecule has 1 amide bonds. The molecule has 18 heavy (non-hydrogen) atoms. The number of nitrogens with zero attached hydrogens (tertiary/aromatic N) is 3. The van der Waals surface area contributed by atoms with E-state index in [4.69, 9.17) is 12.2 Å². The van der Waals surface area contributed by atoms with Gasteiger partial charge in [0.2, 0.25) is 5.91 Å². The van der Waals surface area contributed by atoms with Gasteiger partial charge in [0.1, 0.15) is 6.54 Å². The highest BCUT2D eigenvalue weighted by Crippen LogP contribution is 2.12. The summed E-state index contributed by atoms with van der Waals surface area (Å²) in [6, 6.07) is 1.86. The van der Waals surface area contributed by atoms with Crippen molar-refractivity contribution in [3.05, 3.63) is 23.2 Å². The molecule has 0 aromatic carbocycles. The Hall–Kier alpha value is -1.69. The monoisotopic (exact) mass is 264 g/mol. The van der Waals surface area contributed by atoms with E-state index in [1.807, 2.05) is 24.5 Å². The summed E-state index contributed by atoms with van der Waals surface area (Å²) < 4.78 is 2.37. The molecule has 2 rings (SSSR count). The molecule has 2 aromatic heterocycles.